The summed E-state index contributed by atoms with van der Waals surface area (Å²) >= 11 is 1.12. The van der Waals surface area contributed by atoms with Crippen molar-refractivity contribution in [1.29, 1.82) is 0 Å². The number of urea groups is 1. The lowest BCUT2D eigenvalue weighted by atomic mass is 10.2. The summed E-state index contributed by atoms with van der Waals surface area (Å²) in [6, 6.07) is 9.12. The highest BCUT2D eigenvalue weighted by Gasteiger charge is 2.22. The van der Waals surface area contributed by atoms with Crippen LogP contribution in [-0.4, -0.2) is 33.4 Å². The fourth-order valence-corrected chi connectivity index (χ4v) is 3.35. The van der Waals surface area contributed by atoms with Gasteiger partial charge in [0.05, 0.1) is 5.25 Å². The summed E-state index contributed by atoms with van der Waals surface area (Å²) in [6.45, 7) is 1.69. The lowest BCUT2D eigenvalue weighted by Crippen LogP contribution is -2.45. The third-order valence-corrected chi connectivity index (χ3v) is 4.94. The average Bonchev–Trinajstić information content (AvgIpc) is 3.27. The Balaban J connectivity index is 1.51. The van der Waals surface area contributed by atoms with E-state index in [9.17, 15) is 9.59 Å². The first-order valence-electron chi connectivity index (χ1n) is 8.29. The normalized spacial score (nSPS) is 15.7. The van der Waals surface area contributed by atoms with Crippen molar-refractivity contribution in [2.45, 2.75) is 49.1 Å². The second-order valence-electron chi connectivity index (χ2n) is 5.94. The number of aromatic nitrogens is 2. The maximum atomic E-state index is 12.1. The van der Waals surface area contributed by atoms with Crippen LogP contribution in [0.1, 0.15) is 32.6 Å². The molecule has 1 atom stereocenters. The lowest BCUT2D eigenvalue weighted by molar-refractivity contribution is -0.119. The van der Waals surface area contributed by atoms with Gasteiger partial charge in [-0.15, -0.1) is 10.2 Å². The summed E-state index contributed by atoms with van der Waals surface area (Å²) in [5, 5.41) is 12.9. The average molecular weight is 360 g/mol. The molecule has 1 aromatic heterocycles. The molecule has 0 bridgehead atoms. The Hall–Kier alpha value is -2.35. The Morgan fingerprint density at radius 2 is 1.92 bits per heavy atom. The highest BCUT2D eigenvalue weighted by atomic mass is 32.2. The quantitative estimate of drug-likeness (QED) is 0.796. The summed E-state index contributed by atoms with van der Waals surface area (Å²) in [6.07, 6.45) is 4.17. The van der Waals surface area contributed by atoms with Gasteiger partial charge in [-0.25, -0.2) is 4.79 Å². The third-order valence-electron chi connectivity index (χ3n) is 4.00. The van der Waals surface area contributed by atoms with Crippen molar-refractivity contribution in [3.05, 3.63) is 30.3 Å². The minimum Gasteiger partial charge on any atom is -0.411 e. The van der Waals surface area contributed by atoms with Gasteiger partial charge in [0.15, 0.2) is 0 Å². The van der Waals surface area contributed by atoms with Gasteiger partial charge < -0.3 is 9.73 Å². The van der Waals surface area contributed by atoms with Gasteiger partial charge in [-0.3, -0.25) is 10.1 Å². The fourth-order valence-electron chi connectivity index (χ4n) is 2.66. The number of hydrogen-bond acceptors (Lipinski definition) is 6. The zero-order chi connectivity index (χ0) is 17.6. The molecule has 2 aromatic rings. The first kappa shape index (κ1) is 17.5. The summed E-state index contributed by atoms with van der Waals surface area (Å²) in [5.74, 6) is 0.00893. The molecule has 1 aromatic carbocycles. The van der Waals surface area contributed by atoms with E-state index in [2.05, 4.69) is 20.8 Å². The lowest BCUT2D eigenvalue weighted by Gasteiger charge is -2.13. The van der Waals surface area contributed by atoms with Crippen molar-refractivity contribution in [2.75, 3.05) is 0 Å². The highest BCUT2D eigenvalue weighted by molar-refractivity contribution is 8.00. The van der Waals surface area contributed by atoms with Crippen LogP contribution in [0.25, 0.3) is 11.5 Å². The Kier molecular flexibility index (Phi) is 5.70. The van der Waals surface area contributed by atoms with Gasteiger partial charge in [0.1, 0.15) is 0 Å². The number of carbonyl (C=O) groups is 2. The molecule has 1 fully saturated rings. The van der Waals surface area contributed by atoms with Gasteiger partial charge in [0.25, 0.3) is 5.22 Å². The Morgan fingerprint density at radius 1 is 1.20 bits per heavy atom. The van der Waals surface area contributed by atoms with Crippen molar-refractivity contribution in [1.82, 2.24) is 20.8 Å². The van der Waals surface area contributed by atoms with E-state index in [1.165, 1.54) is 0 Å². The number of carbonyl (C=O) groups excluding carboxylic acids is 2. The minimum absolute atomic E-state index is 0.167. The van der Waals surface area contributed by atoms with E-state index in [4.69, 9.17) is 4.42 Å². The second-order valence-corrected chi connectivity index (χ2v) is 7.24. The van der Waals surface area contributed by atoms with E-state index in [0.29, 0.717) is 5.89 Å². The van der Waals surface area contributed by atoms with E-state index in [1.807, 2.05) is 30.3 Å². The number of rotatable bonds is 5. The molecule has 7 nitrogen and oxygen atoms in total. The van der Waals surface area contributed by atoms with Gasteiger partial charge in [-0.05, 0) is 31.9 Å². The van der Waals surface area contributed by atoms with Crippen LogP contribution in [0.2, 0.25) is 0 Å². The molecule has 2 N–H and O–H groups in total. The van der Waals surface area contributed by atoms with E-state index in [0.717, 1.165) is 43.0 Å². The molecule has 8 heteroatoms. The second kappa shape index (κ2) is 8.15. The van der Waals surface area contributed by atoms with E-state index < -0.39 is 11.3 Å². The molecule has 0 unspecified atom stereocenters. The number of amides is 3. The van der Waals surface area contributed by atoms with E-state index in [-0.39, 0.29) is 17.2 Å². The van der Waals surface area contributed by atoms with Crippen LogP contribution in [-0.2, 0) is 4.79 Å². The monoisotopic (exact) mass is 360 g/mol. The highest BCUT2D eigenvalue weighted by Crippen LogP contribution is 2.26. The molecule has 0 radical (unpaired) electrons. The molecule has 0 saturated heterocycles. The summed E-state index contributed by atoms with van der Waals surface area (Å²) in [5.41, 5.74) is 0.815. The number of nitrogens with one attached hydrogen (secondary N) is 2. The van der Waals surface area contributed by atoms with Crippen LogP contribution >= 0.6 is 11.8 Å². The Labute approximate surface area is 150 Å². The van der Waals surface area contributed by atoms with Gasteiger partial charge in [0, 0.05) is 11.6 Å². The van der Waals surface area contributed by atoms with Gasteiger partial charge in [0.2, 0.25) is 11.8 Å². The summed E-state index contributed by atoms with van der Waals surface area (Å²) in [7, 11) is 0. The molecule has 1 saturated carbocycles. The van der Waals surface area contributed by atoms with Crippen LogP contribution < -0.4 is 10.6 Å². The van der Waals surface area contributed by atoms with E-state index in [1.54, 1.807) is 6.92 Å². The van der Waals surface area contributed by atoms with Gasteiger partial charge in [-0.1, -0.05) is 42.8 Å². The number of thioether (sulfide) groups is 1. The van der Waals surface area contributed by atoms with E-state index >= 15 is 0 Å². The number of nitrogens with zero attached hydrogens (tertiary/aromatic N) is 2. The Morgan fingerprint density at radius 3 is 2.64 bits per heavy atom. The maximum absolute atomic E-state index is 12.1. The third kappa shape index (κ3) is 4.82. The first-order valence-corrected chi connectivity index (χ1v) is 9.17. The minimum atomic E-state index is -0.529. The number of hydrogen-bond donors (Lipinski definition) is 2. The molecule has 1 heterocycles. The van der Waals surface area contributed by atoms with Gasteiger partial charge in [-0.2, -0.15) is 0 Å². The molecule has 3 amide bonds. The van der Waals surface area contributed by atoms with Gasteiger partial charge >= 0.3 is 6.03 Å². The molecule has 0 spiro atoms. The smallest absolute Gasteiger partial charge is 0.321 e. The first-order chi connectivity index (χ1) is 12.1. The fraction of sp³-hybridized carbons (Fsp3) is 0.412. The molecular weight excluding hydrogens is 340 g/mol. The van der Waals surface area contributed by atoms with Crippen LogP contribution in [0, 0.1) is 0 Å². The van der Waals surface area contributed by atoms with Crippen LogP contribution in [0.4, 0.5) is 4.79 Å². The molecule has 1 aliphatic carbocycles. The predicted molar refractivity (Wildman–Crippen MR) is 94.0 cm³/mol. The van der Waals surface area contributed by atoms with Crippen LogP contribution in [0.5, 0.6) is 0 Å². The predicted octanol–water partition coefficient (Wildman–Crippen LogP) is 2.99. The molecule has 3 rings (SSSR count). The molecule has 1 aliphatic rings. The maximum Gasteiger partial charge on any atom is 0.321 e. The SMILES string of the molecule is C[C@H](Sc1nnc(-c2ccccc2)o1)C(=O)NC(=O)NC1CCCC1. The Bertz CT molecular complexity index is 729. The molecule has 132 valence electrons. The topological polar surface area (TPSA) is 97.1 Å². The molecule has 25 heavy (non-hydrogen) atoms. The van der Waals surface area contributed by atoms with Crippen molar-refractivity contribution < 1.29 is 14.0 Å². The van der Waals surface area contributed by atoms with Crippen LogP contribution in [0.15, 0.2) is 40.0 Å². The molecule has 0 aliphatic heterocycles. The number of benzene rings is 1. The zero-order valence-corrected chi connectivity index (χ0v) is 14.7. The van der Waals surface area contributed by atoms with Crippen LogP contribution in [0.3, 0.4) is 0 Å². The van der Waals surface area contributed by atoms with Crippen molar-refractivity contribution in [2.24, 2.45) is 0 Å². The number of imide groups is 1. The standard InChI is InChI=1S/C17H20N4O3S/c1-11(14(22)19-16(23)18-13-9-5-6-10-13)25-17-21-20-15(24-17)12-7-3-2-4-8-12/h2-4,7-8,11,13H,5-6,9-10H2,1H3,(H2,18,19,22,23)/t11-/m0/s1. The van der Waals surface area contributed by atoms with Crippen molar-refractivity contribution in [3.8, 4) is 11.5 Å². The summed E-state index contributed by atoms with van der Waals surface area (Å²) < 4.78 is 5.56. The molecular formula is C17H20N4O3S. The van der Waals surface area contributed by atoms with Crippen molar-refractivity contribution >= 4 is 23.7 Å². The van der Waals surface area contributed by atoms with Crippen molar-refractivity contribution in [3.63, 3.8) is 0 Å². The largest absolute Gasteiger partial charge is 0.411 e. The zero-order valence-electron chi connectivity index (χ0n) is 13.9. The summed E-state index contributed by atoms with van der Waals surface area (Å²) in [4.78, 5) is 24.0.